The summed E-state index contributed by atoms with van der Waals surface area (Å²) >= 11 is 3.38. The number of methoxy groups -OCH3 is 1. The first-order chi connectivity index (χ1) is 7.44. The van der Waals surface area contributed by atoms with Gasteiger partial charge in [0.2, 0.25) is 0 Å². The van der Waals surface area contributed by atoms with Gasteiger partial charge >= 0.3 is 5.97 Å². The van der Waals surface area contributed by atoms with Gasteiger partial charge in [0.05, 0.1) is 7.11 Å². The molecular formula is C12H14BrNO2. The Morgan fingerprint density at radius 3 is 2.50 bits per heavy atom. The maximum Gasteiger partial charge on any atom is 0.326 e. The SMILES string of the molecule is COC(=O)C1(N)CC1(C)c1ccc(Br)cc1. The standard InChI is InChI=1S/C12H14BrNO2/c1-11(7-12(11,14)10(15)16-2)8-3-5-9(13)6-4-8/h3-6H,7,14H2,1-2H3. The van der Waals surface area contributed by atoms with Crippen molar-refractivity contribution in [2.75, 3.05) is 7.11 Å². The van der Waals surface area contributed by atoms with Gasteiger partial charge < -0.3 is 10.5 Å². The quantitative estimate of drug-likeness (QED) is 0.845. The van der Waals surface area contributed by atoms with Gasteiger partial charge in [-0.2, -0.15) is 0 Å². The molecule has 2 rings (SSSR count). The summed E-state index contributed by atoms with van der Waals surface area (Å²) in [6, 6.07) is 7.89. The molecule has 3 nitrogen and oxygen atoms in total. The Balaban J connectivity index is 2.30. The van der Waals surface area contributed by atoms with Crippen LogP contribution in [0.2, 0.25) is 0 Å². The Morgan fingerprint density at radius 1 is 1.44 bits per heavy atom. The smallest absolute Gasteiger partial charge is 0.326 e. The van der Waals surface area contributed by atoms with E-state index >= 15 is 0 Å². The Kier molecular flexibility index (Phi) is 2.59. The number of nitrogens with two attached hydrogens (primary N) is 1. The lowest BCUT2D eigenvalue weighted by Crippen LogP contribution is -2.41. The predicted octanol–water partition coefficient (Wildman–Crippen LogP) is 1.98. The van der Waals surface area contributed by atoms with Crippen molar-refractivity contribution in [3.8, 4) is 0 Å². The van der Waals surface area contributed by atoms with Crippen LogP contribution in [0.25, 0.3) is 0 Å². The lowest BCUT2D eigenvalue weighted by atomic mass is 9.93. The summed E-state index contributed by atoms with van der Waals surface area (Å²) < 4.78 is 5.76. The van der Waals surface area contributed by atoms with Gasteiger partial charge in [0.15, 0.2) is 0 Å². The molecule has 86 valence electrons. The molecule has 0 saturated heterocycles. The van der Waals surface area contributed by atoms with Gasteiger partial charge in [-0.3, -0.25) is 4.79 Å². The molecule has 0 radical (unpaired) electrons. The third-order valence-electron chi connectivity index (χ3n) is 3.52. The lowest BCUT2D eigenvalue weighted by molar-refractivity contribution is -0.143. The van der Waals surface area contributed by atoms with Gasteiger partial charge in [0, 0.05) is 9.89 Å². The van der Waals surface area contributed by atoms with Crippen LogP contribution in [-0.4, -0.2) is 18.6 Å². The third kappa shape index (κ3) is 1.48. The van der Waals surface area contributed by atoms with E-state index in [0.29, 0.717) is 6.42 Å². The summed E-state index contributed by atoms with van der Waals surface area (Å²) in [5.74, 6) is -0.335. The van der Waals surface area contributed by atoms with Crippen molar-refractivity contribution in [2.24, 2.45) is 5.73 Å². The molecule has 0 bridgehead atoms. The zero-order valence-electron chi connectivity index (χ0n) is 9.29. The van der Waals surface area contributed by atoms with Crippen LogP contribution < -0.4 is 5.73 Å². The van der Waals surface area contributed by atoms with Crippen LogP contribution in [0.5, 0.6) is 0 Å². The van der Waals surface area contributed by atoms with Crippen LogP contribution in [0, 0.1) is 0 Å². The van der Waals surface area contributed by atoms with Crippen molar-refractivity contribution in [3.63, 3.8) is 0 Å². The Hall–Kier alpha value is -0.870. The zero-order chi connectivity index (χ0) is 12.0. The highest BCUT2D eigenvalue weighted by molar-refractivity contribution is 9.10. The second kappa shape index (κ2) is 3.57. The van der Waals surface area contributed by atoms with Crippen LogP contribution in [0.3, 0.4) is 0 Å². The van der Waals surface area contributed by atoms with E-state index in [2.05, 4.69) is 15.9 Å². The molecule has 2 atom stereocenters. The molecule has 0 aromatic heterocycles. The van der Waals surface area contributed by atoms with E-state index in [4.69, 9.17) is 10.5 Å². The van der Waals surface area contributed by atoms with Crippen LogP contribution >= 0.6 is 15.9 Å². The number of benzene rings is 1. The second-order valence-corrected chi connectivity index (χ2v) is 5.39. The fraction of sp³-hybridized carbons (Fsp3) is 0.417. The minimum Gasteiger partial charge on any atom is -0.468 e. The van der Waals surface area contributed by atoms with E-state index in [1.165, 1.54) is 7.11 Å². The summed E-state index contributed by atoms with van der Waals surface area (Å²) in [6.07, 6.45) is 0.633. The third-order valence-corrected chi connectivity index (χ3v) is 4.05. The van der Waals surface area contributed by atoms with Gasteiger partial charge in [0.1, 0.15) is 5.54 Å². The van der Waals surface area contributed by atoms with E-state index in [9.17, 15) is 4.79 Å². The molecule has 4 heteroatoms. The van der Waals surface area contributed by atoms with Crippen molar-refractivity contribution in [3.05, 3.63) is 34.3 Å². The molecule has 0 amide bonds. The van der Waals surface area contributed by atoms with Gasteiger partial charge in [-0.1, -0.05) is 35.0 Å². The molecule has 1 saturated carbocycles. The average Bonchev–Trinajstić information content (AvgIpc) is 2.84. The molecule has 2 unspecified atom stereocenters. The Bertz CT molecular complexity index is 431. The number of ether oxygens (including phenoxy) is 1. The van der Waals surface area contributed by atoms with Crippen molar-refractivity contribution in [1.82, 2.24) is 0 Å². The number of hydrogen-bond donors (Lipinski definition) is 1. The summed E-state index contributed by atoms with van der Waals surface area (Å²) in [6.45, 7) is 1.99. The molecule has 2 N–H and O–H groups in total. The Labute approximate surface area is 103 Å². The molecule has 1 aliphatic carbocycles. The van der Waals surface area contributed by atoms with E-state index in [1.54, 1.807) is 0 Å². The van der Waals surface area contributed by atoms with E-state index < -0.39 is 5.54 Å². The molecule has 16 heavy (non-hydrogen) atoms. The van der Waals surface area contributed by atoms with Crippen LogP contribution in [0.15, 0.2) is 28.7 Å². The fourth-order valence-corrected chi connectivity index (χ4v) is 2.43. The maximum atomic E-state index is 11.6. The molecule has 1 aromatic rings. The number of rotatable bonds is 2. The van der Waals surface area contributed by atoms with E-state index in [1.807, 2.05) is 31.2 Å². The Morgan fingerprint density at radius 2 is 2.00 bits per heavy atom. The molecule has 0 heterocycles. The minimum atomic E-state index is -0.865. The first-order valence-corrected chi connectivity index (χ1v) is 5.87. The number of hydrogen-bond acceptors (Lipinski definition) is 3. The maximum absolute atomic E-state index is 11.6. The number of esters is 1. The number of carbonyl (C=O) groups is 1. The van der Waals surface area contributed by atoms with Crippen LogP contribution in [-0.2, 0) is 14.9 Å². The minimum absolute atomic E-state index is 0.305. The van der Waals surface area contributed by atoms with Crippen molar-refractivity contribution >= 4 is 21.9 Å². The topological polar surface area (TPSA) is 52.3 Å². The molecule has 1 aromatic carbocycles. The molecule has 0 aliphatic heterocycles. The molecule has 1 aliphatic rings. The highest BCUT2D eigenvalue weighted by atomic mass is 79.9. The molecular weight excluding hydrogens is 270 g/mol. The number of halogens is 1. The highest BCUT2D eigenvalue weighted by Gasteiger charge is 2.68. The van der Waals surface area contributed by atoms with Gasteiger partial charge in [0.25, 0.3) is 0 Å². The van der Waals surface area contributed by atoms with Crippen molar-refractivity contribution in [2.45, 2.75) is 24.3 Å². The van der Waals surface area contributed by atoms with Crippen molar-refractivity contribution in [1.29, 1.82) is 0 Å². The number of carbonyl (C=O) groups excluding carboxylic acids is 1. The zero-order valence-corrected chi connectivity index (χ0v) is 10.9. The monoisotopic (exact) mass is 283 g/mol. The van der Waals surface area contributed by atoms with Crippen molar-refractivity contribution < 1.29 is 9.53 Å². The van der Waals surface area contributed by atoms with Crippen LogP contribution in [0.4, 0.5) is 0 Å². The first kappa shape index (κ1) is 11.6. The molecule has 0 spiro atoms. The summed E-state index contributed by atoms with van der Waals surface area (Å²) in [5, 5.41) is 0. The largest absolute Gasteiger partial charge is 0.468 e. The second-order valence-electron chi connectivity index (χ2n) is 4.48. The summed E-state index contributed by atoms with van der Waals surface area (Å²) in [4.78, 5) is 11.6. The first-order valence-electron chi connectivity index (χ1n) is 5.07. The van der Waals surface area contributed by atoms with Gasteiger partial charge in [-0.15, -0.1) is 0 Å². The summed E-state index contributed by atoms with van der Waals surface area (Å²) in [5.41, 5.74) is 5.97. The normalized spacial score (nSPS) is 32.2. The summed E-state index contributed by atoms with van der Waals surface area (Å²) in [7, 11) is 1.37. The van der Waals surface area contributed by atoms with Gasteiger partial charge in [-0.05, 0) is 24.1 Å². The van der Waals surface area contributed by atoms with E-state index in [-0.39, 0.29) is 11.4 Å². The lowest BCUT2D eigenvalue weighted by Gasteiger charge is -2.17. The van der Waals surface area contributed by atoms with Crippen LogP contribution in [0.1, 0.15) is 18.9 Å². The van der Waals surface area contributed by atoms with Gasteiger partial charge in [-0.25, -0.2) is 0 Å². The molecule has 1 fully saturated rings. The van der Waals surface area contributed by atoms with E-state index in [0.717, 1.165) is 10.0 Å². The highest BCUT2D eigenvalue weighted by Crippen LogP contribution is 2.56. The predicted molar refractivity (Wildman–Crippen MR) is 65.0 cm³/mol. The fourth-order valence-electron chi connectivity index (χ4n) is 2.17. The average molecular weight is 284 g/mol.